The lowest BCUT2D eigenvalue weighted by Gasteiger charge is -2.12. The second kappa shape index (κ2) is 4.71. The van der Waals surface area contributed by atoms with Gasteiger partial charge in [-0.15, -0.1) is 0 Å². The van der Waals surface area contributed by atoms with Crippen LogP contribution in [0.4, 0.5) is 14.5 Å². The lowest BCUT2D eigenvalue weighted by Crippen LogP contribution is -2.19. The molecule has 0 unspecified atom stereocenters. The molecule has 0 aliphatic carbocycles. The van der Waals surface area contributed by atoms with Gasteiger partial charge in [-0.2, -0.15) is 0 Å². The Bertz CT molecular complexity index is 428. The predicted octanol–water partition coefficient (Wildman–Crippen LogP) is 2.33. The zero-order valence-electron chi connectivity index (χ0n) is 7.73. The SMILES string of the molecule is N[C@H](c1cc(Br)cc([N+](=O)[O-])c1O)C(F)F. The zero-order chi connectivity index (χ0) is 12.5. The number of rotatable bonds is 3. The van der Waals surface area contributed by atoms with Crippen LogP contribution in [0.1, 0.15) is 11.6 Å². The predicted molar refractivity (Wildman–Crippen MR) is 55.4 cm³/mol. The van der Waals surface area contributed by atoms with Crippen molar-refractivity contribution in [1.82, 2.24) is 0 Å². The molecule has 0 saturated carbocycles. The van der Waals surface area contributed by atoms with Crippen LogP contribution in [0.15, 0.2) is 16.6 Å². The maximum absolute atomic E-state index is 12.3. The summed E-state index contributed by atoms with van der Waals surface area (Å²) < 4.78 is 24.9. The highest BCUT2D eigenvalue weighted by atomic mass is 79.9. The van der Waals surface area contributed by atoms with E-state index in [-0.39, 0.29) is 10.0 Å². The minimum atomic E-state index is -2.92. The molecule has 0 radical (unpaired) electrons. The van der Waals surface area contributed by atoms with E-state index in [4.69, 9.17) is 5.73 Å². The molecular weight excluding hydrogens is 290 g/mol. The molecule has 0 amide bonds. The standard InChI is InChI=1S/C8H7BrF2N2O3/c9-3-1-4(6(12)8(10)11)7(14)5(2-3)13(15)16/h1-2,6,8,14H,12H2/t6-/m1/s1. The summed E-state index contributed by atoms with van der Waals surface area (Å²) in [5.41, 5.74) is 4.09. The van der Waals surface area contributed by atoms with Gasteiger partial charge in [0.1, 0.15) is 0 Å². The van der Waals surface area contributed by atoms with E-state index in [1.807, 2.05) is 0 Å². The number of nitro benzene ring substituents is 1. The summed E-state index contributed by atoms with van der Waals surface area (Å²) in [6.07, 6.45) is -2.92. The van der Waals surface area contributed by atoms with Crippen LogP contribution in [-0.2, 0) is 0 Å². The van der Waals surface area contributed by atoms with Crippen molar-refractivity contribution in [3.8, 4) is 5.75 Å². The summed E-state index contributed by atoms with van der Waals surface area (Å²) in [6, 6.07) is 0.368. The van der Waals surface area contributed by atoms with Crippen LogP contribution in [0.25, 0.3) is 0 Å². The molecule has 0 heterocycles. The van der Waals surface area contributed by atoms with Gasteiger partial charge in [-0.3, -0.25) is 10.1 Å². The number of benzene rings is 1. The summed E-state index contributed by atoms with van der Waals surface area (Å²) >= 11 is 2.92. The van der Waals surface area contributed by atoms with Crippen molar-refractivity contribution in [2.24, 2.45) is 5.73 Å². The molecule has 88 valence electrons. The zero-order valence-corrected chi connectivity index (χ0v) is 9.32. The highest BCUT2D eigenvalue weighted by molar-refractivity contribution is 9.10. The molecule has 16 heavy (non-hydrogen) atoms. The molecule has 0 bridgehead atoms. The maximum Gasteiger partial charge on any atom is 0.312 e. The molecule has 0 spiro atoms. The third-order valence-corrected chi connectivity index (χ3v) is 2.37. The monoisotopic (exact) mass is 296 g/mol. The van der Waals surface area contributed by atoms with Gasteiger partial charge in [-0.05, 0) is 6.07 Å². The number of nitro groups is 1. The fourth-order valence-electron chi connectivity index (χ4n) is 1.13. The Labute approximate surface area is 97.1 Å². The lowest BCUT2D eigenvalue weighted by molar-refractivity contribution is -0.386. The number of halogens is 3. The van der Waals surface area contributed by atoms with Crippen LogP contribution in [0.2, 0.25) is 0 Å². The maximum atomic E-state index is 12.3. The van der Waals surface area contributed by atoms with Crippen LogP contribution in [-0.4, -0.2) is 16.5 Å². The first-order valence-electron chi connectivity index (χ1n) is 4.05. The van der Waals surface area contributed by atoms with Gasteiger partial charge in [-0.25, -0.2) is 8.78 Å². The van der Waals surface area contributed by atoms with E-state index in [0.29, 0.717) is 0 Å². The van der Waals surface area contributed by atoms with Gasteiger partial charge in [0.15, 0.2) is 5.75 Å². The second-order valence-electron chi connectivity index (χ2n) is 2.98. The Balaban J connectivity index is 3.35. The van der Waals surface area contributed by atoms with Crippen molar-refractivity contribution >= 4 is 21.6 Å². The van der Waals surface area contributed by atoms with Crippen LogP contribution in [0.5, 0.6) is 5.75 Å². The molecular formula is C8H7BrF2N2O3. The van der Waals surface area contributed by atoms with Gasteiger partial charge in [0.05, 0.1) is 11.0 Å². The summed E-state index contributed by atoms with van der Waals surface area (Å²) in [5, 5.41) is 19.9. The molecule has 1 aromatic carbocycles. The summed E-state index contributed by atoms with van der Waals surface area (Å²) in [6.45, 7) is 0. The van der Waals surface area contributed by atoms with E-state index in [2.05, 4.69) is 15.9 Å². The fourth-order valence-corrected chi connectivity index (χ4v) is 1.60. The van der Waals surface area contributed by atoms with Crippen LogP contribution < -0.4 is 5.73 Å². The number of aromatic hydroxyl groups is 1. The molecule has 0 saturated heterocycles. The van der Waals surface area contributed by atoms with E-state index in [0.717, 1.165) is 12.1 Å². The van der Waals surface area contributed by atoms with E-state index in [1.54, 1.807) is 0 Å². The topological polar surface area (TPSA) is 89.4 Å². The van der Waals surface area contributed by atoms with Crippen LogP contribution >= 0.6 is 15.9 Å². The van der Waals surface area contributed by atoms with Crippen molar-refractivity contribution in [3.63, 3.8) is 0 Å². The van der Waals surface area contributed by atoms with Crippen molar-refractivity contribution in [3.05, 3.63) is 32.3 Å². The number of phenols is 1. The molecule has 1 aromatic rings. The molecule has 1 atom stereocenters. The van der Waals surface area contributed by atoms with Crippen molar-refractivity contribution < 1.29 is 18.8 Å². The van der Waals surface area contributed by atoms with Gasteiger partial charge in [0.2, 0.25) is 0 Å². The summed E-state index contributed by atoms with van der Waals surface area (Å²) in [5.74, 6) is -0.832. The number of alkyl halides is 2. The minimum absolute atomic E-state index is 0.197. The molecule has 5 nitrogen and oxygen atoms in total. The smallest absolute Gasteiger partial charge is 0.312 e. The average molecular weight is 297 g/mol. The largest absolute Gasteiger partial charge is 0.502 e. The van der Waals surface area contributed by atoms with Gasteiger partial charge in [-0.1, -0.05) is 15.9 Å². The Hall–Kier alpha value is -1.28. The third kappa shape index (κ3) is 2.45. The van der Waals surface area contributed by atoms with Gasteiger partial charge >= 0.3 is 5.69 Å². The van der Waals surface area contributed by atoms with Crippen molar-refractivity contribution in [2.45, 2.75) is 12.5 Å². The number of phenolic OH excluding ortho intramolecular Hbond substituents is 1. The molecule has 1 rings (SSSR count). The molecule has 0 aliphatic rings. The Morgan fingerprint density at radius 1 is 1.50 bits per heavy atom. The number of nitrogens with zero attached hydrogens (tertiary/aromatic N) is 1. The highest BCUT2D eigenvalue weighted by Crippen LogP contribution is 2.37. The van der Waals surface area contributed by atoms with Crippen molar-refractivity contribution in [1.29, 1.82) is 0 Å². The molecule has 0 aromatic heterocycles. The van der Waals surface area contributed by atoms with Crippen LogP contribution in [0.3, 0.4) is 0 Å². The van der Waals surface area contributed by atoms with Gasteiger partial charge in [0.25, 0.3) is 6.43 Å². The van der Waals surface area contributed by atoms with E-state index >= 15 is 0 Å². The molecule has 0 aliphatic heterocycles. The quantitative estimate of drug-likeness (QED) is 0.662. The molecule has 0 fully saturated rings. The third-order valence-electron chi connectivity index (χ3n) is 1.91. The first-order valence-corrected chi connectivity index (χ1v) is 4.84. The number of hydrogen-bond acceptors (Lipinski definition) is 4. The fraction of sp³-hybridized carbons (Fsp3) is 0.250. The highest BCUT2D eigenvalue weighted by Gasteiger charge is 2.26. The first kappa shape index (κ1) is 12.8. The lowest BCUT2D eigenvalue weighted by atomic mass is 10.1. The Morgan fingerprint density at radius 2 is 2.06 bits per heavy atom. The second-order valence-corrected chi connectivity index (χ2v) is 3.90. The van der Waals surface area contributed by atoms with E-state index in [1.165, 1.54) is 0 Å². The normalized spacial score (nSPS) is 12.8. The van der Waals surface area contributed by atoms with Gasteiger partial charge < -0.3 is 10.8 Å². The molecule has 3 N–H and O–H groups in total. The van der Waals surface area contributed by atoms with Gasteiger partial charge in [0, 0.05) is 16.1 Å². The average Bonchev–Trinajstić information content (AvgIpc) is 2.19. The van der Waals surface area contributed by atoms with Crippen LogP contribution in [0, 0.1) is 10.1 Å². The number of nitrogens with two attached hydrogens (primary N) is 1. The summed E-state index contributed by atoms with van der Waals surface area (Å²) in [7, 11) is 0. The first-order chi connectivity index (χ1) is 7.34. The van der Waals surface area contributed by atoms with Crippen molar-refractivity contribution in [2.75, 3.05) is 0 Å². The van der Waals surface area contributed by atoms with E-state index in [9.17, 15) is 24.0 Å². The Morgan fingerprint density at radius 3 is 2.50 bits per heavy atom. The number of hydrogen-bond donors (Lipinski definition) is 2. The van der Waals surface area contributed by atoms with E-state index < -0.39 is 28.8 Å². The summed E-state index contributed by atoms with van der Waals surface area (Å²) in [4.78, 5) is 9.64. The molecule has 8 heteroatoms. The minimum Gasteiger partial charge on any atom is -0.502 e. The Kier molecular flexibility index (Phi) is 3.76.